The van der Waals surface area contributed by atoms with Crippen molar-refractivity contribution in [1.29, 1.82) is 0 Å². The van der Waals surface area contributed by atoms with Crippen molar-refractivity contribution in [3.63, 3.8) is 0 Å². The van der Waals surface area contributed by atoms with Crippen molar-refractivity contribution in [3.05, 3.63) is 23.9 Å². The predicted octanol–water partition coefficient (Wildman–Crippen LogP) is 0.947. The summed E-state index contributed by atoms with van der Waals surface area (Å²) in [6.45, 7) is 3.20. The van der Waals surface area contributed by atoms with E-state index in [0.717, 1.165) is 12.1 Å². The summed E-state index contributed by atoms with van der Waals surface area (Å²) in [7, 11) is -3.23. The SMILES string of the molecule is Cc1ccc(S(=O)(=O)[C@@H]2CCNC2)nc1.Cl. The van der Waals surface area contributed by atoms with Gasteiger partial charge in [0, 0.05) is 12.7 Å². The van der Waals surface area contributed by atoms with Gasteiger partial charge in [0.25, 0.3) is 0 Å². The van der Waals surface area contributed by atoms with E-state index >= 15 is 0 Å². The predicted molar refractivity (Wildman–Crippen MR) is 64.7 cm³/mol. The number of pyridine rings is 1. The van der Waals surface area contributed by atoms with Crippen LogP contribution in [0.1, 0.15) is 12.0 Å². The molecule has 6 heteroatoms. The van der Waals surface area contributed by atoms with Crippen LogP contribution in [-0.4, -0.2) is 31.7 Å². The monoisotopic (exact) mass is 262 g/mol. The van der Waals surface area contributed by atoms with Crippen LogP contribution in [0.15, 0.2) is 23.4 Å². The van der Waals surface area contributed by atoms with Crippen LogP contribution in [0.2, 0.25) is 0 Å². The van der Waals surface area contributed by atoms with Gasteiger partial charge in [-0.15, -0.1) is 12.4 Å². The first-order valence-electron chi connectivity index (χ1n) is 4.98. The van der Waals surface area contributed by atoms with Gasteiger partial charge < -0.3 is 5.32 Å². The zero-order chi connectivity index (χ0) is 10.9. The molecule has 1 fully saturated rings. The van der Waals surface area contributed by atoms with Crippen LogP contribution in [0, 0.1) is 6.92 Å². The molecule has 16 heavy (non-hydrogen) atoms. The highest BCUT2D eigenvalue weighted by atomic mass is 35.5. The van der Waals surface area contributed by atoms with E-state index < -0.39 is 9.84 Å². The average Bonchev–Trinajstić information content (AvgIpc) is 2.71. The van der Waals surface area contributed by atoms with Gasteiger partial charge in [0.1, 0.15) is 0 Å². The number of aryl methyl sites for hydroxylation is 1. The third-order valence-corrected chi connectivity index (χ3v) is 4.73. The molecule has 1 aromatic heterocycles. The fourth-order valence-corrected chi connectivity index (χ4v) is 3.25. The molecular weight excluding hydrogens is 248 g/mol. The highest BCUT2D eigenvalue weighted by Gasteiger charge is 2.30. The molecule has 90 valence electrons. The second-order valence-electron chi connectivity index (χ2n) is 3.83. The fourth-order valence-electron chi connectivity index (χ4n) is 1.69. The molecule has 1 N–H and O–H groups in total. The molecular formula is C10H15ClN2O2S. The van der Waals surface area contributed by atoms with Crippen molar-refractivity contribution in [2.75, 3.05) is 13.1 Å². The van der Waals surface area contributed by atoms with Gasteiger partial charge in [-0.25, -0.2) is 13.4 Å². The molecule has 0 saturated carbocycles. The number of hydrogen-bond donors (Lipinski definition) is 1. The van der Waals surface area contributed by atoms with Crippen molar-refractivity contribution in [3.8, 4) is 0 Å². The molecule has 4 nitrogen and oxygen atoms in total. The first-order valence-corrected chi connectivity index (χ1v) is 6.52. The lowest BCUT2D eigenvalue weighted by atomic mass is 10.3. The highest BCUT2D eigenvalue weighted by molar-refractivity contribution is 7.92. The van der Waals surface area contributed by atoms with Crippen LogP contribution < -0.4 is 5.32 Å². The van der Waals surface area contributed by atoms with Crippen molar-refractivity contribution in [2.45, 2.75) is 23.6 Å². The summed E-state index contributed by atoms with van der Waals surface area (Å²) in [4.78, 5) is 3.98. The topological polar surface area (TPSA) is 59.1 Å². The van der Waals surface area contributed by atoms with Gasteiger partial charge >= 0.3 is 0 Å². The van der Waals surface area contributed by atoms with Crippen LogP contribution in [-0.2, 0) is 9.84 Å². The van der Waals surface area contributed by atoms with E-state index in [1.54, 1.807) is 18.3 Å². The Morgan fingerprint density at radius 2 is 2.19 bits per heavy atom. The van der Waals surface area contributed by atoms with Crippen molar-refractivity contribution < 1.29 is 8.42 Å². The van der Waals surface area contributed by atoms with E-state index in [2.05, 4.69) is 10.3 Å². The molecule has 2 heterocycles. The number of nitrogens with zero attached hydrogens (tertiary/aromatic N) is 1. The molecule has 0 aromatic carbocycles. The van der Waals surface area contributed by atoms with Crippen LogP contribution in [0.5, 0.6) is 0 Å². The zero-order valence-electron chi connectivity index (χ0n) is 9.01. The van der Waals surface area contributed by atoms with E-state index in [0.29, 0.717) is 13.0 Å². The highest BCUT2D eigenvalue weighted by Crippen LogP contribution is 2.18. The largest absolute Gasteiger partial charge is 0.315 e. The quantitative estimate of drug-likeness (QED) is 0.862. The van der Waals surface area contributed by atoms with E-state index in [4.69, 9.17) is 0 Å². The Hall–Kier alpha value is -0.650. The third-order valence-electron chi connectivity index (χ3n) is 2.63. The van der Waals surface area contributed by atoms with Crippen LogP contribution in [0.4, 0.5) is 0 Å². The van der Waals surface area contributed by atoms with E-state index in [9.17, 15) is 8.42 Å². The maximum atomic E-state index is 12.0. The fraction of sp³-hybridized carbons (Fsp3) is 0.500. The van der Waals surface area contributed by atoms with Gasteiger partial charge in [-0.2, -0.15) is 0 Å². The normalized spacial score (nSPS) is 20.4. The molecule has 2 rings (SSSR count). The second kappa shape index (κ2) is 5.12. The van der Waals surface area contributed by atoms with Crippen LogP contribution >= 0.6 is 12.4 Å². The Balaban J connectivity index is 0.00000128. The van der Waals surface area contributed by atoms with E-state index in [1.165, 1.54) is 0 Å². The van der Waals surface area contributed by atoms with Crippen LogP contribution in [0.3, 0.4) is 0 Å². The zero-order valence-corrected chi connectivity index (χ0v) is 10.6. The maximum absolute atomic E-state index is 12.0. The molecule has 0 amide bonds. The van der Waals surface area contributed by atoms with Crippen molar-refractivity contribution in [2.24, 2.45) is 0 Å². The molecule has 1 aliphatic rings. The molecule has 1 saturated heterocycles. The Morgan fingerprint density at radius 3 is 2.69 bits per heavy atom. The molecule has 1 aliphatic heterocycles. The number of rotatable bonds is 2. The first-order chi connectivity index (χ1) is 7.10. The van der Waals surface area contributed by atoms with E-state index in [1.807, 2.05) is 6.92 Å². The standard InChI is InChI=1S/C10H14N2O2S.ClH/c1-8-2-3-10(12-6-8)15(13,14)9-4-5-11-7-9;/h2-3,6,9,11H,4-5,7H2,1H3;1H/t9-;/m1./s1. The van der Waals surface area contributed by atoms with Gasteiger partial charge in [0.05, 0.1) is 5.25 Å². The third kappa shape index (κ3) is 2.53. The Labute approximate surface area is 102 Å². The molecule has 0 bridgehead atoms. The number of nitrogens with one attached hydrogen (secondary N) is 1. The summed E-state index contributed by atoms with van der Waals surface area (Å²) in [6.07, 6.45) is 2.27. The van der Waals surface area contributed by atoms with E-state index in [-0.39, 0.29) is 22.7 Å². The molecule has 0 aliphatic carbocycles. The summed E-state index contributed by atoms with van der Waals surface area (Å²) < 4.78 is 24.1. The summed E-state index contributed by atoms with van der Waals surface area (Å²) in [5.41, 5.74) is 0.971. The molecule has 0 spiro atoms. The van der Waals surface area contributed by atoms with Gasteiger partial charge in [-0.3, -0.25) is 0 Å². The molecule has 0 unspecified atom stereocenters. The molecule has 1 atom stereocenters. The minimum Gasteiger partial charge on any atom is -0.315 e. The summed E-state index contributed by atoms with van der Waals surface area (Å²) in [5.74, 6) is 0. The van der Waals surface area contributed by atoms with Crippen LogP contribution in [0.25, 0.3) is 0 Å². The smallest absolute Gasteiger partial charge is 0.199 e. The minimum absolute atomic E-state index is 0. The number of hydrogen-bond acceptors (Lipinski definition) is 4. The van der Waals surface area contributed by atoms with Gasteiger partial charge in [0.2, 0.25) is 0 Å². The summed E-state index contributed by atoms with van der Waals surface area (Å²) in [6, 6.07) is 3.37. The lowest BCUT2D eigenvalue weighted by Crippen LogP contribution is -2.24. The lowest BCUT2D eigenvalue weighted by Gasteiger charge is -2.09. The van der Waals surface area contributed by atoms with Crippen molar-refractivity contribution in [1.82, 2.24) is 10.3 Å². The maximum Gasteiger partial charge on any atom is 0.199 e. The van der Waals surface area contributed by atoms with Gasteiger partial charge in [-0.1, -0.05) is 6.07 Å². The lowest BCUT2D eigenvalue weighted by molar-refractivity contribution is 0.579. The summed E-state index contributed by atoms with van der Waals surface area (Å²) in [5, 5.41) is 2.94. The molecule has 1 aromatic rings. The molecule has 0 radical (unpaired) electrons. The Morgan fingerprint density at radius 1 is 1.44 bits per heavy atom. The van der Waals surface area contributed by atoms with Gasteiger partial charge in [-0.05, 0) is 31.5 Å². The summed E-state index contributed by atoms with van der Waals surface area (Å²) >= 11 is 0. The second-order valence-corrected chi connectivity index (χ2v) is 6.01. The van der Waals surface area contributed by atoms with Crippen molar-refractivity contribution >= 4 is 22.2 Å². The minimum atomic E-state index is -3.23. The number of aromatic nitrogens is 1. The number of halogens is 1. The first kappa shape index (κ1) is 13.4. The number of sulfone groups is 1. The Bertz CT molecular complexity index is 438. The average molecular weight is 263 g/mol. The van der Waals surface area contributed by atoms with Gasteiger partial charge in [0.15, 0.2) is 14.9 Å². The Kier molecular flexibility index (Phi) is 4.29.